The Kier molecular flexibility index (Phi) is 4.58. The normalized spacial score (nSPS) is 21.4. The number of amides is 2. The van der Waals surface area contributed by atoms with Crippen molar-refractivity contribution in [1.29, 1.82) is 0 Å². The molecule has 2 rings (SSSR count). The fourth-order valence-electron chi connectivity index (χ4n) is 2.40. The third-order valence-corrected chi connectivity index (χ3v) is 4.48. The maximum absolute atomic E-state index is 12.0. The maximum atomic E-state index is 12.0. The molecule has 1 N–H and O–H groups in total. The summed E-state index contributed by atoms with van der Waals surface area (Å²) in [7, 11) is 0. The Morgan fingerprint density at radius 1 is 1.53 bits per heavy atom. The van der Waals surface area contributed by atoms with Crippen molar-refractivity contribution in [3.05, 3.63) is 22.4 Å². The summed E-state index contributed by atoms with van der Waals surface area (Å²) >= 11 is 1.66. The average Bonchev–Trinajstić information content (AvgIpc) is 2.92. The average molecular weight is 280 g/mol. The van der Waals surface area contributed by atoms with Crippen molar-refractivity contribution in [2.45, 2.75) is 32.7 Å². The first-order valence-electron chi connectivity index (χ1n) is 6.71. The van der Waals surface area contributed by atoms with Crippen molar-refractivity contribution < 1.29 is 9.59 Å². The number of carbonyl (C=O) groups excluding carboxylic acids is 2. The first kappa shape index (κ1) is 14.1. The quantitative estimate of drug-likeness (QED) is 0.892. The van der Waals surface area contributed by atoms with Crippen LogP contribution >= 0.6 is 11.3 Å². The number of nitrogens with one attached hydrogen (secondary N) is 1. The molecule has 19 heavy (non-hydrogen) atoms. The number of carbonyl (C=O) groups is 2. The maximum Gasteiger partial charge on any atom is 0.243 e. The summed E-state index contributed by atoms with van der Waals surface area (Å²) < 4.78 is 0. The molecule has 0 aromatic carbocycles. The van der Waals surface area contributed by atoms with Crippen LogP contribution in [-0.2, 0) is 16.0 Å². The van der Waals surface area contributed by atoms with Crippen molar-refractivity contribution >= 4 is 23.2 Å². The highest BCUT2D eigenvalue weighted by atomic mass is 32.1. The van der Waals surface area contributed by atoms with Crippen molar-refractivity contribution in [3.63, 3.8) is 0 Å². The van der Waals surface area contributed by atoms with Crippen LogP contribution in [0.5, 0.6) is 0 Å². The summed E-state index contributed by atoms with van der Waals surface area (Å²) in [5.74, 6) is 0.200. The second-order valence-electron chi connectivity index (χ2n) is 5.02. The van der Waals surface area contributed by atoms with Gasteiger partial charge in [0.15, 0.2) is 0 Å². The molecule has 1 aliphatic heterocycles. The lowest BCUT2D eigenvalue weighted by Gasteiger charge is -2.38. The van der Waals surface area contributed by atoms with Gasteiger partial charge >= 0.3 is 0 Å². The van der Waals surface area contributed by atoms with Crippen LogP contribution in [0.3, 0.4) is 0 Å². The predicted molar refractivity (Wildman–Crippen MR) is 76.0 cm³/mol. The SMILES string of the molecule is CCC(C)C1C(=O)NCC(=O)N1CCc1ccsc1. The van der Waals surface area contributed by atoms with Gasteiger partial charge in [-0.25, -0.2) is 0 Å². The number of thiophene rings is 1. The van der Waals surface area contributed by atoms with Gasteiger partial charge in [-0.05, 0) is 34.7 Å². The second kappa shape index (κ2) is 6.19. The molecule has 2 amide bonds. The van der Waals surface area contributed by atoms with Gasteiger partial charge in [0.05, 0.1) is 6.54 Å². The Labute approximate surface area is 117 Å². The van der Waals surface area contributed by atoms with Crippen molar-refractivity contribution in [2.24, 2.45) is 5.92 Å². The molecule has 104 valence electrons. The summed E-state index contributed by atoms with van der Waals surface area (Å²) in [6, 6.07) is 1.75. The summed E-state index contributed by atoms with van der Waals surface area (Å²) in [4.78, 5) is 25.8. The van der Waals surface area contributed by atoms with Crippen LogP contribution in [0.1, 0.15) is 25.8 Å². The minimum absolute atomic E-state index is 0.0146. The molecule has 0 radical (unpaired) electrons. The van der Waals surface area contributed by atoms with Crippen molar-refractivity contribution in [1.82, 2.24) is 10.2 Å². The van der Waals surface area contributed by atoms with Gasteiger partial charge in [-0.15, -0.1) is 0 Å². The van der Waals surface area contributed by atoms with E-state index in [0.29, 0.717) is 6.54 Å². The minimum atomic E-state index is -0.315. The van der Waals surface area contributed by atoms with Crippen LogP contribution in [0, 0.1) is 5.92 Å². The molecule has 0 saturated carbocycles. The monoisotopic (exact) mass is 280 g/mol. The molecular formula is C14H20N2O2S. The Morgan fingerprint density at radius 2 is 2.32 bits per heavy atom. The molecule has 1 saturated heterocycles. The van der Waals surface area contributed by atoms with Gasteiger partial charge < -0.3 is 10.2 Å². The van der Waals surface area contributed by atoms with E-state index in [2.05, 4.69) is 16.8 Å². The molecule has 2 atom stereocenters. The lowest BCUT2D eigenvalue weighted by Crippen LogP contribution is -2.60. The second-order valence-corrected chi connectivity index (χ2v) is 5.80. The van der Waals surface area contributed by atoms with E-state index in [4.69, 9.17) is 0 Å². The highest BCUT2D eigenvalue weighted by molar-refractivity contribution is 7.07. The standard InChI is InChI=1S/C14H20N2O2S/c1-3-10(2)13-14(18)15-8-12(17)16(13)6-4-11-5-7-19-9-11/h5,7,9-10,13H,3-4,6,8H2,1-2H3,(H,15,18). The molecule has 1 fully saturated rings. The molecule has 1 aliphatic rings. The summed E-state index contributed by atoms with van der Waals surface area (Å²) in [5.41, 5.74) is 1.23. The third-order valence-electron chi connectivity index (χ3n) is 3.74. The van der Waals surface area contributed by atoms with E-state index in [1.54, 1.807) is 16.2 Å². The van der Waals surface area contributed by atoms with E-state index in [9.17, 15) is 9.59 Å². The van der Waals surface area contributed by atoms with E-state index in [1.165, 1.54) is 5.56 Å². The molecule has 0 bridgehead atoms. The fraction of sp³-hybridized carbons (Fsp3) is 0.571. The van der Waals surface area contributed by atoms with Gasteiger partial charge in [0, 0.05) is 6.54 Å². The molecule has 2 heterocycles. The van der Waals surface area contributed by atoms with Gasteiger partial charge in [0.25, 0.3) is 0 Å². The first-order valence-corrected chi connectivity index (χ1v) is 7.66. The van der Waals surface area contributed by atoms with Gasteiger partial charge in [-0.1, -0.05) is 20.3 Å². The Bertz CT molecular complexity index is 444. The topological polar surface area (TPSA) is 49.4 Å². The summed E-state index contributed by atoms with van der Waals surface area (Å²) in [6.45, 7) is 4.84. The van der Waals surface area contributed by atoms with E-state index in [-0.39, 0.29) is 30.3 Å². The zero-order chi connectivity index (χ0) is 13.8. The lowest BCUT2D eigenvalue weighted by molar-refractivity contribution is -0.147. The summed E-state index contributed by atoms with van der Waals surface area (Å²) in [5, 5.41) is 6.82. The molecule has 5 heteroatoms. The largest absolute Gasteiger partial charge is 0.345 e. The van der Waals surface area contributed by atoms with Crippen LogP contribution in [0.2, 0.25) is 0 Å². The zero-order valence-corrected chi connectivity index (χ0v) is 12.2. The third kappa shape index (κ3) is 3.15. The van der Waals surface area contributed by atoms with E-state index in [0.717, 1.165) is 12.8 Å². The molecule has 1 aromatic rings. The Balaban J connectivity index is 2.07. The van der Waals surface area contributed by atoms with Crippen LogP contribution in [0.15, 0.2) is 16.8 Å². The van der Waals surface area contributed by atoms with Gasteiger partial charge in [-0.2, -0.15) is 11.3 Å². The summed E-state index contributed by atoms with van der Waals surface area (Å²) in [6.07, 6.45) is 1.70. The lowest BCUT2D eigenvalue weighted by atomic mass is 9.94. The number of rotatable bonds is 5. The number of hydrogen-bond donors (Lipinski definition) is 1. The molecule has 1 aromatic heterocycles. The highest BCUT2D eigenvalue weighted by Gasteiger charge is 2.36. The van der Waals surface area contributed by atoms with E-state index in [1.807, 2.05) is 19.2 Å². The number of hydrogen-bond acceptors (Lipinski definition) is 3. The van der Waals surface area contributed by atoms with Crippen molar-refractivity contribution in [3.8, 4) is 0 Å². The highest BCUT2D eigenvalue weighted by Crippen LogP contribution is 2.19. The van der Waals surface area contributed by atoms with Crippen molar-refractivity contribution in [2.75, 3.05) is 13.1 Å². The van der Waals surface area contributed by atoms with Gasteiger partial charge in [0.1, 0.15) is 6.04 Å². The zero-order valence-electron chi connectivity index (χ0n) is 11.4. The molecule has 2 unspecified atom stereocenters. The van der Waals surface area contributed by atoms with E-state index >= 15 is 0 Å². The number of piperazine rings is 1. The Hall–Kier alpha value is -1.36. The molecule has 4 nitrogen and oxygen atoms in total. The predicted octanol–water partition coefficient (Wildman–Crippen LogP) is 1.66. The van der Waals surface area contributed by atoms with E-state index < -0.39 is 0 Å². The smallest absolute Gasteiger partial charge is 0.243 e. The minimum Gasteiger partial charge on any atom is -0.345 e. The molecular weight excluding hydrogens is 260 g/mol. The van der Waals surface area contributed by atoms with Crippen LogP contribution in [0.25, 0.3) is 0 Å². The van der Waals surface area contributed by atoms with Crippen LogP contribution in [0.4, 0.5) is 0 Å². The van der Waals surface area contributed by atoms with Crippen LogP contribution in [-0.4, -0.2) is 35.8 Å². The molecule has 0 aliphatic carbocycles. The van der Waals surface area contributed by atoms with Gasteiger partial charge in [-0.3, -0.25) is 9.59 Å². The molecule has 0 spiro atoms. The fourth-order valence-corrected chi connectivity index (χ4v) is 3.11. The first-order chi connectivity index (χ1) is 9.13. The van der Waals surface area contributed by atoms with Crippen LogP contribution < -0.4 is 5.32 Å². The van der Waals surface area contributed by atoms with Gasteiger partial charge in [0.2, 0.25) is 11.8 Å². The number of nitrogens with zero attached hydrogens (tertiary/aromatic N) is 1. The Morgan fingerprint density at radius 3 is 2.95 bits per heavy atom.